The Labute approximate surface area is 310 Å². The van der Waals surface area contributed by atoms with Crippen molar-refractivity contribution in [2.24, 2.45) is 0 Å². The smallest absolute Gasteiger partial charge is 0.187 e. The molecule has 5 aliphatic rings. The van der Waals surface area contributed by atoms with Crippen LogP contribution in [0.5, 0.6) is 0 Å². The lowest BCUT2D eigenvalue weighted by molar-refractivity contribution is -0.457. The lowest BCUT2D eigenvalue weighted by Crippen LogP contribution is -2.90. The van der Waals surface area contributed by atoms with Crippen LogP contribution in [-0.2, 0) is 28.4 Å². The fraction of sp³-hybridized carbons (Fsp3) is 1.00. The van der Waals surface area contributed by atoms with E-state index < -0.39 is 185 Å². The molecule has 0 aromatic carbocycles. The van der Waals surface area contributed by atoms with Crippen LogP contribution in [0.4, 0.5) is 0 Å². The summed E-state index contributed by atoms with van der Waals surface area (Å²) >= 11 is 0. The molecule has 5 heterocycles. The third-order valence-electron chi connectivity index (χ3n) is 11.4. The van der Waals surface area contributed by atoms with Crippen molar-refractivity contribution in [3.05, 3.63) is 0 Å². The van der Waals surface area contributed by atoms with Gasteiger partial charge < -0.3 is 125 Å². The zero-order valence-electron chi connectivity index (χ0n) is 28.8. The normalized spacial score (nSPS) is 56.7. The molecule has 19 N–H and O–H groups in total. The minimum absolute atomic E-state index is 1.11. The van der Waals surface area contributed by atoms with Crippen molar-refractivity contribution in [3.8, 4) is 0 Å². The van der Waals surface area contributed by atoms with E-state index in [-0.39, 0.29) is 0 Å². The summed E-state index contributed by atoms with van der Waals surface area (Å²) in [5, 5.41) is 208. The van der Waals surface area contributed by atoms with E-state index in [2.05, 4.69) is 0 Å². The van der Waals surface area contributed by atoms with Crippen molar-refractivity contribution in [2.75, 3.05) is 33.0 Å². The lowest BCUT2D eigenvalue weighted by Gasteiger charge is -2.66. The highest BCUT2D eigenvalue weighted by Gasteiger charge is 2.79. The van der Waals surface area contributed by atoms with E-state index in [0.29, 0.717) is 0 Å². The fourth-order valence-electron chi connectivity index (χ4n) is 8.24. The fourth-order valence-corrected chi connectivity index (χ4v) is 8.24. The van der Waals surface area contributed by atoms with Crippen LogP contribution in [0.1, 0.15) is 0 Å². The van der Waals surface area contributed by atoms with Crippen LogP contribution in [-0.4, -0.2) is 282 Å². The summed E-state index contributed by atoms with van der Waals surface area (Å²) in [5.41, 5.74) is -7.50. The maximum atomic E-state index is 13.3. The van der Waals surface area contributed by atoms with E-state index in [1.807, 2.05) is 0 Å². The summed E-state index contributed by atoms with van der Waals surface area (Å²) < 4.78 is 34.8. The second kappa shape index (κ2) is 17.3. The van der Waals surface area contributed by atoms with Crippen LogP contribution in [0.3, 0.4) is 0 Å². The van der Waals surface area contributed by atoms with E-state index >= 15 is 0 Å². The van der Waals surface area contributed by atoms with Gasteiger partial charge in [0.05, 0.1) is 33.0 Å². The third kappa shape index (κ3) is 7.13. The van der Waals surface area contributed by atoms with Gasteiger partial charge in [0.15, 0.2) is 17.5 Å². The van der Waals surface area contributed by atoms with Gasteiger partial charge in [0.2, 0.25) is 0 Å². The molecule has 0 radical (unpaired) electrons. The Morgan fingerprint density at radius 1 is 0.364 bits per heavy atom. The minimum atomic E-state index is -3.82. The molecule has 5 unspecified atom stereocenters. The number of hydrogen-bond acceptors (Lipinski definition) is 25. The van der Waals surface area contributed by atoms with Gasteiger partial charge in [0, 0.05) is 0 Å². The summed E-state index contributed by atoms with van der Waals surface area (Å²) in [6, 6.07) is 0. The molecule has 25 atom stereocenters. The van der Waals surface area contributed by atoms with Crippen LogP contribution in [0.2, 0.25) is 0 Å². The summed E-state index contributed by atoms with van der Waals surface area (Å²) in [5.74, 6) is 0. The van der Waals surface area contributed by atoms with Crippen LogP contribution in [0, 0.1) is 0 Å². The average Bonchev–Trinajstić information content (AvgIpc) is 3.17. The second-order valence-corrected chi connectivity index (χ2v) is 14.4. The first-order valence-corrected chi connectivity index (χ1v) is 17.4. The van der Waals surface area contributed by atoms with Gasteiger partial charge in [-0.25, -0.2) is 0 Å². The molecule has 322 valence electrons. The molecule has 25 heteroatoms. The molecule has 0 aliphatic carbocycles. The third-order valence-corrected chi connectivity index (χ3v) is 11.4. The first-order valence-electron chi connectivity index (χ1n) is 17.4. The monoisotopic (exact) mass is 812 g/mol. The molecule has 0 amide bonds. The Balaban J connectivity index is 1.88. The molecular weight excluding hydrogens is 760 g/mol. The number of aliphatic hydroxyl groups excluding tert-OH is 18. The summed E-state index contributed by atoms with van der Waals surface area (Å²) in [6.45, 7) is -5.93. The molecule has 5 saturated heterocycles. The zero-order valence-corrected chi connectivity index (χ0v) is 28.8. The van der Waals surface area contributed by atoms with E-state index in [0.717, 1.165) is 0 Å². The highest BCUT2D eigenvalue weighted by Crippen LogP contribution is 2.54. The standard InChI is InChI=1S/C30H52O25/c31-1-6-11(36)15(40)19(44)23(50-6)27-30(26-21(46)17(42)13(38)8(3-33)52-26,55-28-22(47)18(43)14(39)9(4-34)54-28)29(49,24(48)10(5-35)53-27)25-20(45)16(41)12(37)7(2-32)51-25/h6-28,31-49H,1-5H2/t6-,7-,8-,9-,10-,11-,12-,13+,14-,15+,16+,17+,18-,19+,20-,21-,22-,23?,24+,25?,26?,27?,28?,29-,30-/m1/s1. The maximum Gasteiger partial charge on any atom is 0.187 e. The maximum absolute atomic E-state index is 13.3. The molecule has 0 spiro atoms. The van der Waals surface area contributed by atoms with Crippen molar-refractivity contribution in [1.29, 1.82) is 0 Å². The first kappa shape index (κ1) is 45.1. The SMILES string of the molecule is OC[C@H]1OC([C@@]2(OC3O[C@H](CO)[C@@H](O)[C@@H](O)[C@H]3O)C(C3O[C@H](CO)[C@@H](O)[C@H](O)[C@@H]3O)O[C@H](CO)[C@H](O)[C@@]2(O)C2O[C@H](CO)[C@@H](O)[C@H](O)[C@H]2O)[C@H](O)[C@@H](O)[C@H]1O. The summed E-state index contributed by atoms with van der Waals surface area (Å²) in [6.07, 6.45) is -53.7. The van der Waals surface area contributed by atoms with Gasteiger partial charge in [-0.2, -0.15) is 0 Å². The molecule has 0 saturated carbocycles. The van der Waals surface area contributed by atoms with E-state index in [4.69, 9.17) is 28.4 Å². The molecule has 25 nitrogen and oxygen atoms in total. The predicted octanol–water partition coefficient (Wildman–Crippen LogP) is -13.1. The van der Waals surface area contributed by atoms with Gasteiger partial charge in [-0.1, -0.05) is 0 Å². The van der Waals surface area contributed by atoms with Crippen molar-refractivity contribution >= 4 is 0 Å². The molecule has 5 aliphatic heterocycles. The van der Waals surface area contributed by atoms with E-state index in [9.17, 15) is 97.0 Å². The Hall–Kier alpha value is -1.00. The van der Waals surface area contributed by atoms with Crippen LogP contribution >= 0.6 is 0 Å². The number of ether oxygens (including phenoxy) is 6. The average molecular weight is 813 g/mol. The molecule has 55 heavy (non-hydrogen) atoms. The van der Waals surface area contributed by atoms with Gasteiger partial charge in [0.25, 0.3) is 0 Å². The summed E-state index contributed by atoms with van der Waals surface area (Å²) in [7, 11) is 0. The van der Waals surface area contributed by atoms with Gasteiger partial charge in [-0.15, -0.1) is 0 Å². The van der Waals surface area contributed by atoms with Crippen molar-refractivity contribution in [2.45, 2.75) is 152 Å². The molecule has 0 bridgehead atoms. The Morgan fingerprint density at radius 3 is 1.20 bits per heavy atom. The highest BCUT2D eigenvalue weighted by atomic mass is 16.7. The molecular formula is C30H52O25. The Bertz CT molecular complexity index is 1250. The quantitative estimate of drug-likeness (QED) is 0.0973. The number of hydrogen-bond donors (Lipinski definition) is 19. The predicted molar refractivity (Wildman–Crippen MR) is 166 cm³/mol. The zero-order chi connectivity index (χ0) is 41.1. The minimum Gasteiger partial charge on any atom is -0.394 e. The Morgan fingerprint density at radius 2 is 0.727 bits per heavy atom. The van der Waals surface area contributed by atoms with Gasteiger partial charge in [-0.3, -0.25) is 0 Å². The lowest BCUT2D eigenvalue weighted by atomic mass is 9.59. The van der Waals surface area contributed by atoms with Crippen LogP contribution in [0.15, 0.2) is 0 Å². The van der Waals surface area contributed by atoms with Crippen molar-refractivity contribution in [1.82, 2.24) is 0 Å². The summed E-state index contributed by atoms with van der Waals surface area (Å²) in [4.78, 5) is 0. The molecule has 0 aromatic heterocycles. The number of aliphatic hydroxyl groups is 19. The molecule has 5 fully saturated rings. The van der Waals surface area contributed by atoms with Crippen LogP contribution in [0.25, 0.3) is 0 Å². The largest absolute Gasteiger partial charge is 0.394 e. The second-order valence-electron chi connectivity index (χ2n) is 14.4. The first-order chi connectivity index (χ1) is 25.8. The van der Waals surface area contributed by atoms with Gasteiger partial charge in [-0.05, 0) is 0 Å². The molecule has 0 aromatic rings. The van der Waals surface area contributed by atoms with Gasteiger partial charge >= 0.3 is 0 Å². The Kier molecular flexibility index (Phi) is 14.2. The van der Waals surface area contributed by atoms with Crippen molar-refractivity contribution in [3.63, 3.8) is 0 Å². The van der Waals surface area contributed by atoms with E-state index in [1.165, 1.54) is 0 Å². The molecule has 5 rings (SSSR count). The van der Waals surface area contributed by atoms with Gasteiger partial charge in [0.1, 0.15) is 134 Å². The van der Waals surface area contributed by atoms with Crippen molar-refractivity contribution < 1.29 is 125 Å². The van der Waals surface area contributed by atoms with E-state index in [1.54, 1.807) is 0 Å². The topological polar surface area (TPSA) is 440 Å². The van der Waals surface area contributed by atoms with Crippen LogP contribution < -0.4 is 0 Å². The number of rotatable bonds is 10. The highest BCUT2D eigenvalue weighted by molar-refractivity contribution is 5.27.